The minimum absolute atomic E-state index is 0.165. The maximum atomic E-state index is 13.3. The lowest BCUT2D eigenvalue weighted by Crippen LogP contribution is -2.58. The number of nitrogens with zero attached hydrogens (tertiary/aromatic N) is 2. The number of thiazole rings is 1. The van der Waals surface area contributed by atoms with Gasteiger partial charge in [0.15, 0.2) is 10.8 Å². The van der Waals surface area contributed by atoms with Crippen LogP contribution < -0.4 is 10.6 Å². The third-order valence-corrected chi connectivity index (χ3v) is 8.64. The first-order valence-corrected chi connectivity index (χ1v) is 13.8. The number of aromatic amines is 1. The van der Waals surface area contributed by atoms with Crippen molar-refractivity contribution < 1.29 is 19.1 Å². The fourth-order valence-corrected chi connectivity index (χ4v) is 6.85. The Morgan fingerprint density at radius 2 is 1.84 bits per heavy atom. The number of likely N-dealkylation sites (N-methyl/N-ethyl adjacent to an activating group) is 1. The highest BCUT2D eigenvalue weighted by molar-refractivity contribution is 7.13. The molecule has 0 bridgehead atoms. The van der Waals surface area contributed by atoms with E-state index in [0.717, 1.165) is 41.0 Å². The monoisotopic (exact) mass is 543 g/mol. The van der Waals surface area contributed by atoms with Crippen molar-refractivity contribution >= 4 is 45.7 Å². The normalized spacial score (nSPS) is 27.0. The van der Waals surface area contributed by atoms with Crippen molar-refractivity contribution in [1.29, 1.82) is 0 Å². The zero-order valence-electron chi connectivity index (χ0n) is 21.0. The summed E-state index contributed by atoms with van der Waals surface area (Å²) in [6.45, 7) is 5.52. The zero-order chi connectivity index (χ0) is 25.9. The molecule has 196 valence electrons. The first kappa shape index (κ1) is 24.8. The second-order valence-corrected chi connectivity index (χ2v) is 12.2. The summed E-state index contributed by atoms with van der Waals surface area (Å²) in [6, 6.07) is 6.55. The smallest absolute Gasteiger partial charge is 0.280 e. The summed E-state index contributed by atoms with van der Waals surface area (Å²) in [6.07, 6.45) is 1.56. The minimum Gasteiger partial charge on any atom is -0.351 e. The van der Waals surface area contributed by atoms with Crippen molar-refractivity contribution in [2.45, 2.75) is 69.7 Å². The van der Waals surface area contributed by atoms with Crippen molar-refractivity contribution in [3.05, 3.63) is 50.6 Å². The molecule has 3 aromatic rings. The number of hydrogen-bond donors (Lipinski definition) is 3. The Morgan fingerprint density at radius 1 is 1.14 bits per heavy atom. The molecule has 2 aliphatic heterocycles. The number of halogens is 1. The molecular weight excluding hydrogens is 514 g/mol. The lowest BCUT2D eigenvalue weighted by atomic mass is 9.86. The molecule has 4 heterocycles. The van der Waals surface area contributed by atoms with E-state index in [1.807, 2.05) is 26.0 Å². The number of hydrogen-bond acceptors (Lipinski definition) is 7. The predicted octanol–water partition coefficient (Wildman–Crippen LogP) is 3.48. The molecule has 0 spiro atoms. The molecule has 11 heteroatoms. The maximum Gasteiger partial charge on any atom is 0.280 e. The molecule has 9 nitrogen and oxygen atoms in total. The Kier molecular flexibility index (Phi) is 6.27. The second-order valence-electron chi connectivity index (χ2n) is 10.6. The van der Waals surface area contributed by atoms with E-state index in [1.165, 1.54) is 11.3 Å². The van der Waals surface area contributed by atoms with Crippen LogP contribution in [-0.2, 0) is 22.4 Å². The molecule has 3 aliphatic rings. The summed E-state index contributed by atoms with van der Waals surface area (Å²) in [4.78, 5) is 37.7. The number of amides is 2. The van der Waals surface area contributed by atoms with E-state index in [0.29, 0.717) is 28.6 Å². The molecule has 3 N–H and O–H groups in total. The molecule has 0 radical (unpaired) electrons. The van der Waals surface area contributed by atoms with Crippen LogP contribution in [0.3, 0.4) is 0 Å². The summed E-state index contributed by atoms with van der Waals surface area (Å²) in [5.74, 6) is -1.18. The van der Waals surface area contributed by atoms with E-state index < -0.39 is 5.79 Å². The highest BCUT2D eigenvalue weighted by atomic mass is 35.5. The molecule has 1 aromatic carbocycles. The summed E-state index contributed by atoms with van der Waals surface area (Å²) in [5, 5.41) is 8.22. The number of carbonyl (C=O) groups excluding carboxylic acids is 2. The van der Waals surface area contributed by atoms with Crippen LogP contribution in [0, 0.1) is 0 Å². The summed E-state index contributed by atoms with van der Waals surface area (Å²) in [7, 11) is 2.07. The Labute approximate surface area is 223 Å². The van der Waals surface area contributed by atoms with Crippen molar-refractivity contribution in [1.82, 2.24) is 25.5 Å². The Hall–Kier alpha value is -2.50. The van der Waals surface area contributed by atoms with Gasteiger partial charge in [-0.1, -0.05) is 11.6 Å². The van der Waals surface area contributed by atoms with Crippen LogP contribution in [0.15, 0.2) is 24.3 Å². The van der Waals surface area contributed by atoms with E-state index >= 15 is 0 Å². The van der Waals surface area contributed by atoms with Crippen LogP contribution in [0.2, 0.25) is 5.02 Å². The van der Waals surface area contributed by atoms with Gasteiger partial charge >= 0.3 is 0 Å². The van der Waals surface area contributed by atoms with Gasteiger partial charge in [0.2, 0.25) is 0 Å². The van der Waals surface area contributed by atoms with Crippen LogP contribution in [0.5, 0.6) is 0 Å². The number of fused-ring (bicyclic) bond motifs is 3. The van der Waals surface area contributed by atoms with Crippen LogP contribution in [0.1, 0.15) is 57.6 Å². The SMILES string of the molecule is CN1CCc2nc(C(=O)N[C@@H]3CC4OC(C)(C)OC4C[C@@H]3NC(=O)c3cc4cc(Cl)ccc4[nH]3)sc2C1. The standard InChI is InChI=1S/C26H30ClN5O4S/c1-26(2)35-20-10-17(29-23(33)19-9-13-8-14(27)4-5-15(13)28-19)18(11-21(20)36-26)30-24(34)25-31-16-6-7-32(3)12-22(16)37-25/h4-5,8-9,17-18,20-21,28H,6-7,10-12H2,1-3H3,(H,29,33)(H,30,34)/t17-,18+,20?,21?/m0/s1. The van der Waals surface area contributed by atoms with E-state index in [1.54, 1.807) is 12.1 Å². The second kappa shape index (κ2) is 9.36. The summed E-state index contributed by atoms with van der Waals surface area (Å²) < 4.78 is 12.2. The fraction of sp³-hybridized carbons (Fsp3) is 0.500. The number of H-pyrrole nitrogens is 1. The van der Waals surface area contributed by atoms with Gasteiger partial charge in [0, 0.05) is 40.3 Å². The van der Waals surface area contributed by atoms with E-state index in [-0.39, 0.29) is 36.1 Å². The third-order valence-electron chi connectivity index (χ3n) is 7.32. The zero-order valence-corrected chi connectivity index (χ0v) is 22.5. The highest BCUT2D eigenvalue weighted by Gasteiger charge is 2.48. The van der Waals surface area contributed by atoms with Gasteiger partial charge in [-0.2, -0.15) is 0 Å². The van der Waals surface area contributed by atoms with Gasteiger partial charge in [0.25, 0.3) is 11.8 Å². The molecule has 2 unspecified atom stereocenters. The van der Waals surface area contributed by atoms with Crippen LogP contribution in [0.25, 0.3) is 10.9 Å². The Balaban J connectivity index is 1.22. The lowest BCUT2D eigenvalue weighted by molar-refractivity contribution is -0.145. The van der Waals surface area contributed by atoms with Crippen molar-refractivity contribution in [3.8, 4) is 0 Å². The molecule has 1 aliphatic carbocycles. The van der Waals surface area contributed by atoms with Gasteiger partial charge < -0.3 is 30.0 Å². The summed E-state index contributed by atoms with van der Waals surface area (Å²) >= 11 is 7.56. The number of rotatable bonds is 4. The quantitative estimate of drug-likeness (QED) is 0.465. The first-order chi connectivity index (χ1) is 17.6. The number of carbonyl (C=O) groups is 2. The first-order valence-electron chi connectivity index (χ1n) is 12.6. The molecule has 4 atom stereocenters. The van der Waals surface area contributed by atoms with Crippen molar-refractivity contribution in [2.24, 2.45) is 0 Å². The topological polar surface area (TPSA) is 109 Å². The third kappa shape index (κ3) is 5.00. The molecule has 1 saturated heterocycles. The number of benzene rings is 1. The van der Waals surface area contributed by atoms with Crippen LogP contribution in [0.4, 0.5) is 0 Å². The molecule has 2 fully saturated rings. The molecule has 6 rings (SSSR count). The number of aromatic nitrogens is 2. The van der Waals surface area contributed by atoms with Gasteiger partial charge in [-0.3, -0.25) is 9.59 Å². The largest absolute Gasteiger partial charge is 0.351 e. The average Bonchev–Trinajstić information content (AvgIpc) is 3.52. The van der Waals surface area contributed by atoms with Crippen LogP contribution in [-0.4, -0.2) is 70.4 Å². The lowest BCUT2D eigenvalue weighted by Gasteiger charge is -2.37. The minimum atomic E-state index is -0.709. The molecule has 2 aromatic heterocycles. The summed E-state index contributed by atoms with van der Waals surface area (Å²) in [5.41, 5.74) is 2.27. The Bertz CT molecular complexity index is 1370. The van der Waals surface area contributed by atoms with Gasteiger partial charge in [-0.25, -0.2) is 4.98 Å². The average molecular weight is 544 g/mol. The molecule has 37 heavy (non-hydrogen) atoms. The molecule has 1 saturated carbocycles. The van der Waals surface area contributed by atoms with Crippen molar-refractivity contribution in [2.75, 3.05) is 13.6 Å². The van der Waals surface area contributed by atoms with E-state index in [9.17, 15) is 9.59 Å². The maximum absolute atomic E-state index is 13.3. The van der Waals surface area contributed by atoms with Gasteiger partial charge in [-0.05, 0) is 58.0 Å². The molecular formula is C26H30ClN5O4S. The van der Waals surface area contributed by atoms with Crippen molar-refractivity contribution in [3.63, 3.8) is 0 Å². The van der Waals surface area contributed by atoms with E-state index in [4.69, 9.17) is 21.1 Å². The number of ether oxygens (including phenoxy) is 2. The predicted molar refractivity (Wildman–Crippen MR) is 141 cm³/mol. The van der Waals surface area contributed by atoms with E-state index in [2.05, 4.69) is 32.5 Å². The van der Waals surface area contributed by atoms with Crippen LogP contribution >= 0.6 is 22.9 Å². The number of nitrogens with one attached hydrogen (secondary N) is 3. The fourth-order valence-electron chi connectivity index (χ4n) is 5.58. The Morgan fingerprint density at radius 3 is 2.57 bits per heavy atom. The van der Waals surface area contributed by atoms with Gasteiger partial charge in [0.1, 0.15) is 5.69 Å². The van der Waals surface area contributed by atoms with Gasteiger partial charge in [0.05, 0.1) is 30.0 Å². The molecule has 2 amide bonds. The highest BCUT2D eigenvalue weighted by Crippen LogP contribution is 2.37. The van der Waals surface area contributed by atoms with Gasteiger partial charge in [-0.15, -0.1) is 11.3 Å².